The number of amides is 1. The van der Waals surface area contributed by atoms with E-state index in [1.165, 1.54) is 0 Å². The van der Waals surface area contributed by atoms with Gasteiger partial charge in [-0.1, -0.05) is 29.7 Å². The molecule has 1 aliphatic heterocycles. The molecule has 1 aliphatic rings. The zero-order chi connectivity index (χ0) is 17.8. The summed E-state index contributed by atoms with van der Waals surface area (Å²) in [4.78, 5) is 25.6. The molecule has 6 heteroatoms. The van der Waals surface area contributed by atoms with E-state index in [4.69, 9.17) is 5.11 Å². The van der Waals surface area contributed by atoms with Crippen molar-refractivity contribution >= 4 is 30.9 Å². The van der Waals surface area contributed by atoms with Crippen LogP contribution in [0.2, 0.25) is 0 Å². The normalized spacial score (nSPS) is 15.0. The van der Waals surface area contributed by atoms with Crippen LogP contribution in [-0.4, -0.2) is 44.0 Å². The lowest BCUT2D eigenvalue weighted by molar-refractivity contribution is 0.0696. The number of nitrogens with zero attached hydrogens (tertiary/aromatic N) is 1. The Balaban J connectivity index is 1.56. The molecule has 3 rings (SSSR count). The third kappa shape index (κ3) is 4.02. The fourth-order valence-corrected chi connectivity index (χ4v) is 3.19. The van der Waals surface area contributed by atoms with Gasteiger partial charge in [0.05, 0.1) is 5.56 Å². The van der Waals surface area contributed by atoms with E-state index < -0.39 is 5.97 Å². The topological polar surface area (TPSA) is 69.6 Å². The minimum absolute atomic E-state index is 0.0117. The standard InChI is InChI=1S/C19H21BN2O3/c20-17-4-2-1-3-16(17)18(23)21-14-9-11-22(12-10-14)15-7-5-13(6-8-15)19(24)25/h1-8,14H,9-12,20H2,(H,21,23)(H,24,25). The Hall–Kier alpha value is -2.76. The SMILES string of the molecule is Bc1ccccc1C(=O)NC1CCN(c2ccc(C(=O)O)cc2)CC1. The molecule has 0 saturated carbocycles. The number of carboxylic acid groups (broad SMARTS) is 1. The molecular weight excluding hydrogens is 315 g/mol. The van der Waals surface area contributed by atoms with Gasteiger partial charge in [0.25, 0.3) is 5.91 Å². The first-order valence-corrected chi connectivity index (χ1v) is 8.49. The molecule has 1 amide bonds. The van der Waals surface area contributed by atoms with Gasteiger partial charge < -0.3 is 15.3 Å². The first kappa shape index (κ1) is 17.1. The van der Waals surface area contributed by atoms with Crippen molar-refractivity contribution < 1.29 is 14.7 Å². The molecule has 0 aromatic heterocycles. The summed E-state index contributed by atoms with van der Waals surface area (Å²) < 4.78 is 0. The van der Waals surface area contributed by atoms with Gasteiger partial charge in [-0.15, -0.1) is 0 Å². The van der Waals surface area contributed by atoms with Crippen LogP contribution in [0, 0.1) is 0 Å². The number of hydrogen-bond donors (Lipinski definition) is 2. The first-order valence-electron chi connectivity index (χ1n) is 8.49. The molecule has 0 aliphatic carbocycles. The predicted molar refractivity (Wildman–Crippen MR) is 101 cm³/mol. The van der Waals surface area contributed by atoms with Crippen molar-refractivity contribution in [3.05, 3.63) is 59.7 Å². The largest absolute Gasteiger partial charge is 0.478 e. The van der Waals surface area contributed by atoms with Gasteiger partial charge in [0.2, 0.25) is 0 Å². The minimum atomic E-state index is -0.913. The van der Waals surface area contributed by atoms with Crippen LogP contribution in [0.15, 0.2) is 48.5 Å². The van der Waals surface area contributed by atoms with Crippen LogP contribution in [-0.2, 0) is 0 Å². The van der Waals surface area contributed by atoms with E-state index in [1.807, 2.05) is 44.2 Å². The van der Waals surface area contributed by atoms with Gasteiger partial charge in [-0.2, -0.15) is 0 Å². The lowest BCUT2D eigenvalue weighted by Crippen LogP contribution is -2.45. The van der Waals surface area contributed by atoms with E-state index in [0.717, 1.165) is 42.6 Å². The number of aromatic carboxylic acids is 1. The molecule has 0 radical (unpaired) electrons. The zero-order valence-electron chi connectivity index (χ0n) is 14.2. The molecule has 0 spiro atoms. The Kier molecular flexibility index (Phi) is 5.07. The highest BCUT2D eigenvalue weighted by Crippen LogP contribution is 2.20. The molecule has 0 atom stereocenters. The number of anilines is 1. The van der Waals surface area contributed by atoms with Gasteiger partial charge >= 0.3 is 5.97 Å². The van der Waals surface area contributed by atoms with Gasteiger partial charge in [-0.05, 0) is 37.1 Å². The molecule has 1 fully saturated rings. The second-order valence-electron chi connectivity index (χ2n) is 6.40. The molecule has 0 bridgehead atoms. The fourth-order valence-electron chi connectivity index (χ4n) is 3.19. The van der Waals surface area contributed by atoms with Gasteiger partial charge in [0.1, 0.15) is 7.85 Å². The van der Waals surface area contributed by atoms with Crippen LogP contribution in [0.1, 0.15) is 33.6 Å². The molecule has 2 aromatic carbocycles. The number of carboxylic acids is 1. The highest BCUT2D eigenvalue weighted by molar-refractivity contribution is 6.36. The Morgan fingerprint density at radius 2 is 1.68 bits per heavy atom. The van der Waals surface area contributed by atoms with Crippen molar-refractivity contribution in [1.29, 1.82) is 0 Å². The smallest absolute Gasteiger partial charge is 0.335 e. The highest BCUT2D eigenvalue weighted by atomic mass is 16.4. The van der Waals surface area contributed by atoms with Crippen LogP contribution >= 0.6 is 0 Å². The third-order valence-electron chi connectivity index (χ3n) is 4.70. The van der Waals surface area contributed by atoms with Crippen LogP contribution in [0.3, 0.4) is 0 Å². The summed E-state index contributed by atoms with van der Waals surface area (Å²) in [5, 5.41) is 12.1. The number of carbonyl (C=O) groups excluding carboxylic acids is 1. The summed E-state index contributed by atoms with van der Waals surface area (Å²) in [5.74, 6) is -0.925. The molecule has 2 N–H and O–H groups in total. The monoisotopic (exact) mass is 336 g/mol. The molecule has 5 nitrogen and oxygen atoms in total. The Morgan fingerprint density at radius 1 is 1.04 bits per heavy atom. The summed E-state index contributed by atoms with van der Waals surface area (Å²) in [6.45, 7) is 1.68. The molecule has 2 aromatic rings. The van der Waals surface area contributed by atoms with Crippen LogP contribution in [0.5, 0.6) is 0 Å². The van der Waals surface area contributed by atoms with E-state index in [1.54, 1.807) is 12.1 Å². The number of hydrogen-bond acceptors (Lipinski definition) is 3. The van der Waals surface area contributed by atoms with Gasteiger partial charge in [-0.3, -0.25) is 4.79 Å². The maximum atomic E-state index is 12.4. The Bertz CT molecular complexity index is 768. The first-order chi connectivity index (χ1) is 12.0. The molecule has 1 heterocycles. The predicted octanol–water partition coefficient (Wildman–Crippen LogP) is 1.04. The van der Waals surface area contributed by atoms with Crippen molar-refractivity contribution in [2.45, 2.75) is 18.9 Å². The fraction of sp³-hybridized carbons (Fsp3) is 0.263. The maximum Gasteiger partial charge on any atom is 0.335 e. The molecule has 25 heavy (non-hydrogen) atoms. The van der Waals surface area contributed by atoms with E-state index in [0.29, 0.717) is 5.56 Å². The lowest BCUT2D eigenvalue weighted by Gasteiger charge is -2.34. The minimum Gasteiger partial charge on any atom is -0.478 e. The van der Waals surface area contributed by atoms with Gasteiger partial charge in [-0.25, -0.2) is 4.79 Å². The average Bonchev–Trinajstić information content (AvgIpc) is 2.63. The van der Waals surface area contributed by atoms with Crippen LogP contribution in [0.4, 0.5) is 5.69 Å². The zero-order valence-corrected chi connectivity index (χ0v) is 14.2. The molecule has 0 unspecified atom stereocenters. The second kappa shape index (κ2) is 7.42. The van der Waals surface area contributed by atoms with E-state index >= 15 is 0 Å². The average molecular weight is 336 g/mol. The van der Waals surface area contributed by atoms with Crippen molar-refractivity contribution in [3.8, 4) is 0 Å². The quantitative estimate of drug-likeness (QED) is 0.819. The maximum absolute atomic E-state index is 12.4. The number of nitrogens with one attached hydrogen (secondary N) is 1. The summed E-state index contributed by atoms with van der Waals surface area (Å²) in [6.07, 6.45) is 1.75. The van der Waals surface area contributed by atoms with E-state index in [-0.39, 0.29) is 11.9 Å². The summed E-state index contributed by atoms with van der Waals surface area (Å²) in [7, 11) is 1.94. The highest BCUT2D eigenvalue weighted by Gasteiger charge is 2.22. The molecule has 128 valence electrons. The van der Waals surface area contributed by atoms with Crippen molar-refractivity contribution in [2.24, 2.45) is 0 Å². The number of piperidine rings is 1. The van der Waals surface area contributed by atoms with E-state index in [9.17, 15) is 9.59 Å². The van der Waals surface area contributed by atoms with Crippen LogP contribution < -0.4 is 15.7 Å². The number of rotatable bonds is 4. The summed E-state index contributed by atoms with van der Waals surface area (Å²) >= 11 is 0. The van der Waals surface area contributed by atoms with Crippen molar-refractivity contribution in [2.75, 3.05) is 18.0 Å². The number of benzene rings is 2. The van der Waals surface area contributed by atoms with Gasteiger partial charge in [0.15, 0.2) is 0 Å². The Labute approximate surface area is 148 Å². The second-order valence-corrected chi connectivity index (χ2v) is 6.40. The van der Waals surface area contributed by atoms with Crippen LogP contribution in [0.25, 0.3) is 0 Å². The number of carbonyl (C=O) groups is 2. The van der Waals surface area contributed by atoms with E-state index in [2.05, 4.69) is 10.2 Å². The molecule has 1 saturated heterocycles. The lowest BCUT2D eigenvalue weighted by atomic mass is 9.90. The third-order valence-corrected chi connectivity index (χ3v) is 4.70. The van der Waals surface area contributed by atoms with Crippen molar-refractivity contribution in [3.63, 3.8) is 0 Å². The Morgan fingerprint density at radius 3 is 2.28 bits per heavy atom. The summed E-state index contributed by atoms with van der Waals surface area (Å²) in [5.41, 5.74) is 3.03. The van der Waals surface area contributed by atoms with Crippen molar-refractivity contribution in [1.82, 2.24) is 5.32 Å². The van der Waals surface area contributed by atoms with Gasteiger partial charge in [0, 0.05) is 30.4 Å². The molecular formula is C19H21BN2O3. The summed E-state index contributed by atoms with van der Waals surface area (Å²) in [6, 6.07) is 14.7.